The van der Waals surface area contributed by atoms with Crippen molar-refractivity contribution in [3.8, 4) is 11.3 Å². The molecule has 1 amide bonds. The molecule has 3 rings (SSSR count). The van der Waals surface area contributed by atoms with Gasteiger partial charge < -0.3 is 10.6 Å². The van der Waals surface area contributed by atoms with Crippen molar-refractivity contribution in [3.63, 3.8) is 0 Å². The molecule has 9 nitrogen and oxygen atoms in total. The Bertz CT molecular complexity index is 1110. The molecule has 140 valence electrons. The number of pyridine rings is 2. The number of aryl methyl sites for hydroxylation is 1. The van der Waals surface area contributed by atoms with Crippen LogP contribution in [0, 0.1) is 0 Å². The molecule has 0 aliphatic rings. The van der Waals surface area contributed by atoms with E-state index in [1.165, 1.54) is 13.0 Å². The zero-order chi connectivity index (χ0) is 19.6. The van der Waals surface area contributed by atoms with Crippen molar-refractivity contribution in [3.05, 3.63) is 42.7 Å². The molecule has 0 saturated heterocycles. The van der Waals surface area contributed by atoms with Crippen LogP contribution in [0.5, 0.6) is 0 Å². The molecule has 0 aromatic carbocycles. The lowest BCUT2D eigenvalue weighted by Crippen LogP contribution is -2.08. The third-order valence-corrected chi connectivity index (χ3v) is 4.55. The maximum atomic E-state index is 11.7. The van der Waals surface area contributed by atoms with Gasteiger partial charge in [0.1, 0.15) is 11.6 Å². The molecule has 0 atom stereocenters. The van der Waals surface area contributed by atoms with E-state index in [9.17, 15) is 13.2 Å². The number of sulfone groups is 1. The van der Waals surface area contributed by atoms with Crippen LogP contribution in [0.1, 0.15) is 6.92 Å². The first-order chi connectivity index (χ1) is 12.7. The van der Waals surface area contributed by atoms with Crippen molar-refractivity contribution in [2.75, 3.05) is 16.9 Å². The van der Waals surface area contributed by atoms with Crippen LogP contribution in [0.2, 0.25) is 0 Å². The van der Waals surface area contributed by atoms with Crippen LogP contribution in [0.25, 0.3) is 11.3 Å². The standard InChI is InChI=1S/C17H18N6O3S/c1-11(24)19-16-9-14(12(10-18-16)13-7-8-23(2)22-13)20-15-5-4-6-17(21-15)27(3,25)26/h4-10H,1-3H3,(H2,18,19,20,21,24). The number of carbonyl (C=O) groups excluding carboxylic acids is 1. The Kier molecular flexibility index (Phi) is 4.91. The highest BCUT2D eigenvalue weighted by Gasteiger charge is 2.14. The monoisotopic (exact) mass is 386 g/mol. The number of hydrogen-bond acceptors (Lipinski definition) is 7. The average Bonchev–Trinajstić information content (AvgIpc) is 3.00. The van der Waals surface area contributed by atoms with Crippen molar-refractivity contribution in [1.82, 2.24) is 19.7 Å². The number of nitrogens with one attached hydrogen (secondary N) is 2. The maximum Gasteiger partial charge on any atom is 0.222 e. The van der Waals surface area contributed by atoms with Crippen LogP contribution in [0.3, 0.4) is 0 Å². The quantitative estimate of drug-likeness (QED) is 0.688. The van der Waals surface area contributed by atoms with Gasteiger partial charge in [-0.1, -0.05) is 6.07 Å². The van der Waals surface area contributed by atoms with Gasteiger partial charge in [-0.2, -0.15) is 5.10 Å². The van der Waals surface area contributed by atoms with Gasteiger partial charge in [0, 0.05) is 44.3 Å². The number of rotatable bonds is 5. The Morgan fingerprint density at radius 3 is 2.59 bits per heavy atom. The first kappa shape index (κ1) is 18.5. The molecule has 27 heavy (non-hydrogen) atoms. The van der Waals surface area contributed by atoms with Gasteiger partial charge in [0.15, 0.2) is 14.9 Å². The van der Waals surface area contributed by atoms with E-state index in [4.69, 9.17) is 0 Å². The van der Waals surface area contributed by atoms with E-state index in [1.807, 2.05) is 6.07 Å². The van der Waals surface area contributed by atoms with Crippen LogP contribution < -0.4 is 10.6 Å². The van der Waals surface area contributed by atoms with E-state index < -0.39 is 9.84 Å². The molecule has 3 aromatic heterocycles. The fraction of sp³-hybridized carbons (Fsp3) is 0.176. The highest BCUT2D eigenvalue weighted by molar-refractivity contribution is 7.90. The van der Waals surface area contributed by atoms with Crippen LogP contribution in [-0.4, -0.2) is 40.3 Å². The zero-order valence-corrected chi connectivity index (χ0v) is 15.8. The van der Waals surface area contributed by atoms with E-state index in [2.05, 4.69) is 25.7 Å². The first-order valence-corrected chi connectivity index (χ1v) is 9.83. The van der Waals surface area contributed by atoms with Crippen molar-refractivity contribution in [1.29, 1.82) is 0 Å². The number of carbonyl (C=O) groups is 1. The summed E-state index contributed by atoms with van der Waals surface area (Å²) in [6.07, 6.45) is 4.47. The fourth-order valence-electron chi connectivity index (χ4n) is 2.40. The Labute approximate surface area is 156 Å². The summed E-state index contributed by atoms with van der Waals surface area (Å²) in [4.78, 5) is 19.7. The highest BCUT2D eigenvalue weighted by atomic mass is 32.2. The molecule has 0 radical (unpaired) electrons. The summed E-state index contributed by atoms with van der Waals surface area (Å²) < 4.78 is 25.1. The van der Waals surface area contributed by atoms with Gasteiger partial charge in [-0.25, -0.2) is 18.4 Å². The van der Waals surface area contributed by atoms with Crippen LogP contribution >= 0.6 is 0 Å². The molecule has 0 aliphatic heterocycles. The number of anilines is 3. The maximum absolute atomic E-state index is 11.7. The van der Waals surface area contributed by atoms with Crippen molar-refractivity contribution >= 4 is 33.1 Å². The minimum absolute atomic E-state index is 0.0389. The minimum Gasteiger partial charge on any atom is -0.339 e. The van der Waals surface area contributed by atoms with Gasteiger partial charge in [0.2, 0.25) is 5.91 Å². The second kappa shape index (κ2) is 7.16. The molecule has 0 saturated carbocycles. The van der Waals surface area contributed by atoms with Gasteiger partial charge in [-0.05, 0) is 18.2 Å². The fourth-order valence-corrected chi connectivity index (χ4v) is 2.99. The smallest absolute Gasteiger partial charge is 0.222 e. The highest BCUT2D eigenvalue weighted by Crippen LogP contribution is 2.30. The lowest BCUT2D eigenvalue weighted by Gasteiger charge is -2.12. The van der Waals surface area contributed by atoms with E-state index in [-0.39, 0.29) is 10.9 Å². The number of nitrogens with zero attached hydrogens (tertiary/aromatic N) is 4. The Morgan fingerprint density at radius 2 is 1.96 bits per heavy atom. The van der Waals surface area contributed by atoms with Crippen molar-refractivity contribution in [2.24, 2.45) is 7.05 Å². The summed E-state index contributed by atoms with van der Waals surface area (Å²) >= 11 is 0. The summed E-state index contributed by atoms with van der Waals surface area (Å²) in [6, 6.07) is 8.13. The van der Waals surface area contributed by atoms with Gasteiger partial charge in [0.25, 0.3) is 0 Å². The largest absolute Gasteiger partial charge is 0.339 e. The number of amides is 1. The predicted octanol–water partition coefficient (Wildman–Crippen LogP) is 1.98. The second-order valence-corrected chi connectivity index (χ2v) is 7.89. The Morgan fingerprint density at radius 1 is 1.19 bits per heavy atom. The molecule has 0 spiro atoms. The molecule has 0 unspecified atom stereocenters. The van der Waals surface area contributed by atoms with E-state index >= 15 is 0 Å². The van der Waals surface area contributed by atoms with Gasteiger partial charge in [0.05, 0.1) is 11.4 Å². The third kappa shape index (κ3) is 4.47. The molecule has 10 heteroatoms. The van der Waals surface area contributed by atoms with E-state index in [0.717, 1.165) is 6.26 Å². The molecular weight excluding hydrogens is 368 g/mol. The topological polar surface area (TPSA) is 119 Å². The lowest BCUT2D eigenvalue weighted by atomic mass is 10.1. The normalized spacial score (nSPS) is 11.2. The van der Waals surface area contributed by atoms with Gasteiger partial charge >= 0.3 is 0 Å². The predicted molar refractivity (Wildman–Crippen MR) is 101 cm³/mol. The van der Waals surface area contributed by atoms with E-state index in [1.54, 1.807) is 42.3 Å². The SMILES string of the molecule is CC(=O)Nc1cc(Nc2cccc(S(C)(=O)=O)n2)c(-c2ccn(C)n2)cn1. The van der Waals surface area contributed by atoms with Crippen LogP contribution in [0.15, 0.2) is 47.8 Å². The molecule has 3 aromatic rings. The van der Waals surface area contributed by atoms with Gasteiger partial charge in [-0.15, -0.1) is 0 Å². The van der Waals surface area contributed by atoms with Gasteiger partial charge in [-0.3, -0.25) is 9.48 Å². The summed E-state index contributed by atoms with van der Waals surface area (Å²) in [5.41, 5.74) is 1.92. The molecule has 0 aliphatic carbocycles. The number of aromatic nitrogens is 4. The molecular formula is C17H18N6O3S. The molecule has 3 heterocycles. The van der Waals surface area contributed by atoms with Crippen molar-refractivity contribution in [2.45, 2.75) is 11.9 Å². The first-order valence-electron chi connectivity index (χ1n) is 7.94. The minimum atomic E-state index is -3.44. The van der Waals surface area contributed by atoms with E-state index in [0.29, 0.717) is 28.6 Å². The summed E-state index contributed by atoms with van der Waals surface area (Å²) in [5, 5.41) is 10.0. The van der Waals surface area contributed by atoms with Crippen LogP contribution in [-0.2, 0) is 21.7 Å². The summed E-state index contributed by atoms with van der Waals surface area (Å²) in [7, 11) is -1.64. The number of hydrogen-bond donors (Lipinski definition) is 2. The summed E-state index contributed by atoms with van der Waals surface area (Å²) in [6.45, 7) is 1.39. The molecule has 0 fully saturated rings. The summed E-state index contributed by atoms with van der Waals surface area (Å²) in [5.74, 6) is 0.440. The second-order valence-electron chi connectivity index (χ2n) is 5.93. The molecule has 0 bridgehead atoms. The Hall–Kier alpha value is -3.27. The third-order valence-electron chi connectivity index (χ3n) is 3.56. The zero-order valence-electron chi connectivity index (χ0n) is 15.0. The lowest BCUT2D eigenvalue weighted by molar-refractivity contribution is -0.114. The molecule has 2 N–H and O–H groups in total. The Balaban J connectivity index is 2.05. The van der Waals surface area contributed by atoms with Crippen molar-refractivity contribution < 1.29 is 13.2 Å². The average molecular weight is 386 g/mol. The van der Waals surface area contributed by atoms with Crippen LogP contribution in [0.4, 0.5) is 17.3 Å².